The lowest BCUT2D eigenvalue weighted by atomic mass is 10.2. The van der Waals surface area contributed by atoms with Crippen LogP contribution in [0.3, 0.4) is 0 Å². The molecule has 2 aromatic rings. The Morgan fingerprint density at radius 3 is 2.60 bits per heavy atom. The molecule has 0 aliphatic rings. The van der Waals surface area contributed by atoms with Gasteiger partial charge in [-0.15, -0.1) is 0 Å². The number of hydrogen-bond donors (Lipinski definition) is 1. The van der Waals surface area contributed by atoms with E-state index in [4.69, 9.17) is 0 Å². The van der Waals surface area contributed by atoms with Gasteiger partial charge in [0.05, 0.1) is 0 Å². The highest BCUT2D eigenvalue weighted by molar-refractivity contribution is 5.73. The van der Waals surface area contributed by atoms with Gasteiger partial charge in [-0.2, -0.15) is 0 Å². The quantitative estimate of drug-likeness (QED) is 0.906. The van der Waals surface area contributed by atoms with E-state index >= 15 is 0 Å². The average Bonchev–Trinajstić information content (AvgIpc) is 2.49. The number of nitrogens with one attached hydrogen (secondary N) is 1. The predicted octanol–water partition coefficient (Wildman–Crippen LogP) is 2.47. The van der Waals surface area contributed by atoms with Crippen molar-refractivity contribution < 1.29 is 4.79 Å². The second-order valence-electron chi connectivity index (χ2n) is 4.64. The average molecular weight is 269 g/mol. The van der Waals surface area contributed by atoms with E-state index in [0.29, 0.717) is 13.1 Å². The van der Waals surface area contributed by atoms with E-state index in [2.05, 4.69) is 10.3 Å². The molecule has 2 amide bonds. The number of hydrogen-bond acceptors (Lipinski definition) is 2. The summed E-state index contributed by atoms with van der Waals surface area (Å²) in [5.74, 6) is 0. The molecule has 0 bridgehead atoms. The third kappa shape index (κ3) is 4.39. The van der Waals surface area contributed by atoms with Crippen molar-refractivity contribution in [1.82, 2.24) is 15.2 Å². The van der Waals surface area contributed by atoms with Crippen molar-refractivity contribution in [3.05, 3.63) is 66.0 Å². The Hall–Kier alpha value is -2.36. The minimum atomic E-state index is -0.0650. The summed E-state index contributed by atoms with van der Waals surface area (Å²) in [6, 6.07) is 15.7. The third-order valence-corrected chi connectivity index (χ3v) is 2.99. The van der Waals surface area contributed by atoms with Crippen LogP contribution in [0.4, 0.5) is 4.79 Å². The minimum absolute atomic E-state index is 0.0650. The molecule has 0 aliphatic carbocycles. The lowest BCUT2D eigenvalue weighted by Crippen LogP contribution is -2.37. The first kappa shape index (κ1) is 14.1. The second-order valence-corrected chi connectivity index (χ2v) is 4.64. The summed E-state index contributed by atoms with van der Waals surface area (Å²) < 4.78 is 0. The molecule has 4 nitrogen and oxygen atoms in total. The Balaban J connectivity index is 1.74. The van der Waals surface area contributed by atoms with Gasteiger partial charge in [0.1, 0.15) is 0 Å². The summed E-state index contributed by atoms with van der Waals surface area (Å²) in [6.45, 7) is 1.20. The molecular formula is C16H19N3O. The molecule has 0 saturated heterocycles. The molecule has 1 aromatic carbocycles. The van der Waals surface area contributed by atoms with E-state index in [1.54, 1.807) is 18.1 Å². The Bertz CT molecular complexity index is 528. The van der Waals surface area contributed by atoms with Crippen LogP contribution in [-0.2, 0) is 13.0 Å². The molecule has 0 atom stereocenters. The van der Waals surface area contributed by atoms with E-state index in [0.717, 1.165) is 17.7 Å². The summed E-state index contributed by atoms with van der Waals surface area (Å²) in [5.41, 5.74) is 2.10. The second kappa shape index (κ2) is 7.28. The first-order chi connectivity index (χ1) is 9.75. The molecule has 0 fully saturated rings. The molecule has 0 spiro atoms. The molecule has 104 valence electrons. The minimum Gasteiger partial charge on any atom is -0.338 e. The fourth-order valence-electron chi connectivity index (χ4n) is 1.91. The standard InChI is InChI=1S/C16H19N3O/c1-19(13-14-7-3-2-4-8-14)16(20)18-12-10-15-9-5-6-11-17-15/h2-9,11H,10,12-13H2,1H3,(H,18,20). The van der Waals surface area contributed by atoms with Crippen LogP contribution in [0, 0.1) is 0 Å². The van der Waals surface area contributed by atoms with Gasteiger partial charge in [-0.3, -0.25) is 4.98 Å². The van der Waals surface area contributed by atoms with Crippen molar-refractivity contribution in [3.8, 4) is 0 Å². The van der Waals surface area contributed by atoms with Crippen LogP contribution in [-0.4, -0.2) is 29.5 Å². The lowest BCUT2D eigenvalue weighted by molar-refractivity contribution is 0.207. The van der Waals surface area contributed by atoms with E-state index in [9.17, 15) is 4.79 Å². The van der Waals surface area contributed by atoms with Crippen LogP contribution >= 0.6 is 0 Å². The maximum absolute atomic E-state index is 11.9. The van der Waals surface area contributed by atoms with Gasteiger partial charge in [-0.1, -0.05) is 36.4 Å². The van der Waals surface area contributed by atoms with Crippen LogP contribution < -0.4 is 5.32 Å². The number of rotatable bonds is 5. The molecule has 0 aliphatic heterocycles. The zero-order valence-corrected chi connectivity index (χ0v) is 11.6. The number of nitrogens with zero attached hydrogens (tertiary/aromatic N) is 2. The summed E-state index contributed by atoms with van der Waals surface area (Å²) in [5, 5.41) is 2.90. The monoisotopic (exact) mass is 269 g/mol. The Kier molecular flexibility index (Phi) is 5.12. The maximum Gasteiger partial charge on any atom is 0.317 e. The van der Waals surface area contributed by atoms with Crippen molar-refractivity contribution in [2.75, 3.05) is 13.6 Å². The van der Waals surface area contributed by atoms with Crippen molar-refractivity contribution in [3.63, 3.8) is 0 Å². The fourth-order valence-corrected chi connectivity index (χ4v) is 1.91. The van der Waals surface area contributed by atoms with Crippen LogP contribution in [0.25, 0.3) is 0 Å². The van der Waals surface area contributed by atoms with Crippen molar-refractivity contribution >= 4 is 6.03 Å². The lowest BCUT2D eigenvalue weighted by Gasteiger charge is -2.18. The highest BCUT2D eigenvalue weighted by atomic mass is 16.2. The number of carbonyl (C=O) groups excluding carboxylic acids is 1. The molecule has 0 unspecified atom stereocenters. The van der Waals surface area contributed by atoms with Crippen LogP contribution in [0.1, 0.15) is 11.3 Å². The van der Waals surface area contributed by atoms with E-state index < -0.39 is 0 Å². The zero-order chi connectivity index (χ0) is 14.2. The molecule has 1 heterocycles. The molecule has 2 rings (SSSR count). The SMILES string of the molecule is CN(Cc1ccccc1)C(=O)NCCc1ccccn1. The van der Waals surface area contributed by atoms with Gasteiger partial charge in [-0.25, -0.2) is 4.79 Å². The smallest absolute Gasteiger partial charge is 0.317 e. The van der Waals surface area contributed by atoms with Gasteiger partial charge in [0, 0.05) is 38.4 Å². The van der Waals surface area contributed by atoms with Crippen molar-refractivity contribution in [2.45, 2.75) is 13.0 Å². The molecular weight excluding hydrogens is 250 g/mol. The molecule has 0 radical (unpaired) electrons. The summed E-state index contributed by atoms with van der Waals surface area (Å²) in [6.07, 6.45) is 2.50. The molecule has 1 aromatic heterocycles. The summed E-state index contributed by atoms with van der Waals surface area (Å²) in [4.78, 5) is 17.8. The Morgan fingerprint density at radius 2 is 1.90 bits per heavy atom. The zero-order valence-electron chi connectivity index (χ0n) is 11.6. The normalized spacial score (nSPS) is 10.1. The molecule has 20 heavy (non-hydrogen) atoms. The first-order valence-corrected chi connectivity index (χ1v) is 6.68. The highest BCUT2D eigenvalue weighted by Gasteiger charge is 2.08. The largest absolute Gasteiger partial charge is 0.338 e. The number of aromatic nitrogens is 1. The van der Waals surface area contributed by atoms with Gasteiger partial charge >= 0.3 is 6.03 Å². The first-order valence-electron chi connectivity index (χ1n) is 6.68. The highest BCUT2D eigenvalue weighted by Crippen LogP contribution is 2.02. The molecule has 0 saturated carbocycles. The topological polar surface area (TPSA) is 45.2 Å². The van der Waals surface area contributed by atoms with E-state index in [1.165, 1.54) is 0 Å². The summed E-state index contributed by atoms with van der Waals surface area (Å²) in [7, 11) is 1.79. The maximum atomic E-state index is 11.9. The number of carbonyl (C=O) groups is 1. The number of urea groups is 1. The van der Waals surface area contributed by atoms with Gasteiger partial charge in [0.2, 0.25) is 0 Å². The van der Waals surface area contributed by atoms with E-state index in [1.807, 2.05) is 48.5 Å². The molecule has 4 heteroatoms. The number of amides is 2. The molecule has 1 N–H and O–H groups in total. The van der Waals surface area contributed by atoms with Crippen LogP contribution in [0.5, 0.6) is 0 Å². The predicted molar refractivity (Wildman–Crippen MR) is 79.2 cm³/mol. The van der Waals surface area contributed by atoms with E-state index in [-0.39, 0.29) is 6.03 Å². The van der Waals surface area contributed by atoms with Gasteiger partial charge < -0.3 is 10.2 Å². The van der Waals surface area contributed by atoms with Crippen LogP contribution in [0.15, 0.2) is 54.7 Å². The van der Waals surface area contributed by atoms with Gasteiger partial charge in [0.15, 0.2) is 0 Å². The number of pyridine rings is 1. The fraction of sp³-hybridized carbons (Fsp3) is 0.250. The Morgan fingerprint density at radius 1 is 1.15 bits per heavy atom. The third-order valence-electron chi connectivity index (χ3n) is 2.99. The van der Waals surface area contributed by atoms with Crippen molar-refractivity contribution in [1.29, 1.82) is 0 Å². The number of benzene rings is 1. The van der Waals surface area contributed by atoms with Gasteiger partial charge in [-0.05, 0) is 17.7 Å². The van der Waals surface area contributed by atoms with Crippen molar-refractivity contribution in [2.24, 2.45) is 0 Å². The van der Waals surface area contributed by atoms with Crippen LogP contribution in [0.2, 0.25) is 0 Å². The Labute approximate surface area is 119 Å². The van der Waals surface area contributed by atoms with Gasteiger partial charge in [0.25, 0.3) is 0 Å². The summed E-state index contributed by atoms with van der Waals surface area (Å²) >= 11 is 0.